The van der Waals surface area contributed by atoms with Gasteiger partial charge in [-0.05, 0) is 18.9 Å². The topological polar surface area (TPSA) is 54.2 Å². The van der Waals surface area contributed by atoms with Gasteiger partial charge in [-0.2, -0.15) is 5.10 Å². The fraction of sp³-hybridized carbons (Fsp3) is 0.600. The zero-order chi connectivity index (χ0) is 13.6. The molecule has 108 valence electrons. The summed E-state index contributed by atoms with van der Waals surface area (Å²) in [6.45, 7) is 1.91. The van der Waals surface area contributed by atoms with Crippen LogP contribution < -0.4 is 10.6 Å². The van der Waals surface area contributed by atoms with E-state index in [1.165, 1.54) is 38.5 Å². The van der Waals surface area contributed by atoms with E-state index in [-0.39, 0.29) is 0 Å². The second-order valence-corrected chi connectivity index (χ2v) is 5.52. The standard InChI is InChI=1S/C15H23N5/c1-2-4-6-13(5-3-1)16-10-11-17-14-8-12-20-15(19-14)7-9-18-20/h7-9,12-13,16H,1-6,10-11H2,(H,17,19). The smallest absolute Gasteiger partial charge is 0.157 e. The summed E-state index contributed by atoms with van der Waals surface area (Å²) in [4.78, 5) is 4.50. The highest BCUT2D eigenvalue weighted by Gasteiger charge is 2.10. The Labute approximate surface area is 119 Å². The van der Waals surface area contributed by atoms with Crippen LogP contribution in [0.1, 0.15) is 38.5 Å². The maximum absolute atomic E-state index is 4.50. The molecule has 1 fully saturated rings. The Hall–Kier alpha value is -1.62. The molecule has 2 heterocycles. The van der Waals surface area contributed by atoms with Crippen LogP contribution in [-0.2, 0) is 0 Å². The van der Waals surface area contributed by atoms with E-state index in [1.807, 2.05) is 18.3 Å². The van der Waals surface area contributed by atoms with Crippen LogP contribution in [0.3, 0.4) is 0 Å². The van der Waals surface area contributed by atoms with Gasteiger partial charge in [0.05, 0.1) is 6.20 Å². The Balaban J connectivity index is 1.42. The van der Waals surface area contributed by atoms with Crippen LogP contribution in [0, 0.1) is 0 Å². The van der Waals surface area contributed by atoms with Crippen LogP contribution in [0.2, 0.25) is 0 Å². The Kier molecular flexibility index (Phi) is 4.48. The van der Waals surface area contributed by atoms with Gasteiger partial charge in [0.1, 0.15) is 5.82 Å². The molecule has 20 heavy (non-hydrogen) atoms. The minimum atomic E-state index is 0.713. The normalized spacial score (nSPS) is 17.2. The number of nitrogens with zero attached hydrogens (tertiary/aromatic N) is 3. The SMILES string of the molecule is c1cc2nc(NCCNC3CCCCCC3)ccn2n1. The Morgan fingerprint density at radius 1 is 1.10 bits per heavy atom. The summed E-state index contributed by atoms with van der Waals surface area (Å²) in [5.74, 6) is 0.917. The lowest BCUT2D eigenvalue weighted by molar-refractivity contribution is 0.468. The van der Waals surface area contributed by atoms with Gasteiger partial charge in [0, 0.05) is 31.4 Å². The predicted molar refractivity (Wildman–Crippen MR) is 81.0 cm³/mol. The number of anilines is 1. The highest BCUT2D eigenvalue weighted by atomic mass is 15.2. The van der Waals surface area contributed by atoms with Crippen molar-refractivity contribution in [2.45, 2.75) is 44.6 Å². The van der Waals surface area contributed by atoms with E-state index in [0.717, 1.165) is 24.6 Å². The zero-order valence-electron chi connectivity index (χ0n) is 11.9. The van der Waals surface area contributed by atoms with Gasteiger partial charge >= 0.3 is 0 Å². The molecule has 0 amide bonds. The molecule has 0 aromatic carbocycles. The molecule has 5 nitrogen and oxygen atoms in total. The van der Waals surface area contributed by atoms with Crippen molar-refractivity contribution in [2.75, 3.05) is 18.4 Å². The van der Waals surface area contributed by atoms with Gasteiger partial charge in [0.15, 0.2) is 5.65 Å². The third-order valence-corrected chi connectivity index (χ3v) is 3.98. The first-order valence-electron chi connectivity index (χ1n) is 7.69. The highest BCUT2D eigenvalue weighted by Crippen LogP contribution is 2.16. The van der Waals surface area contributed by atoms with Crippen LogP contribution in [0.5, 0.6) is 0 Å². The van der Waals surface area contributed by atoms with E-state index in [2.05, 4.69) is 20.7 Å². The van der Waals surface area contributed by atoms with E-state index >= 15 is 0 Å². The summed E-state index contributed by atoms with van der Waals surface area (Å²) in [5, 5.41) is 11.2. The summed E-state index contributed by atoms with van der Waals surface area (Å²) in [6.07, 6.45) is 11.9. The van der Waals surface area contributed by atoms with Gasteiger partial charge in [0.2, 0.25) is 0 Å². The van der Waals surface area contributed by atoms with E-state index in [4.69, 9.17) is 0 Å². The van der Waals surface area contributed by atoms with Gasteiger partial charge in [-0.1, -0.05) is 25.7 Å². The minimum absolute atomic E-state index is 0.713. The van der Waals surface area contributed by atoms with Crippen molar-refractivity contribution >= 4 is 11.5 Å². The van der Waals surface area contributed by atoms with E-state index in [9.17, 15) is 0 Å². The molecule has 2 N–H and O–H groups in total. The first-order chi connectivity index (χ1) is 9.92. The molecule has 1 aliphatic carbocycles. The van der Waals surface area contributed by atoms with Crippen molar-refractivity contribution in [2.24, 2.45) is 0 Å². The first kappa shape index (κ1) is 13.4. The highest BCUT2D eigenvalue weighted by molar-refractivity contribution is 5.45. The summed E-state index contributed by atoms with van der Waals surface area (Å²) >= 11 is 0. The molecule has 0 atom stereocenters. The van der Waals surface area contributed by atoms with Crippen molar-refractivity contribution in [3.05, 3.63) is 24.5 Å². The van der Waals surface area contributed by atoms with Crippen LogP contribution >= 0.6 is 0 Å². The monoisotopic (exact) mass is 273 g/mol. The van der Waals surface area contributed by atoms with Crippen LogP contribution in [0.15, 0.2) is 24.5 Å². The summed E-state index contributed by atoms with van der Waals surface area (Å²) < 4.78 is 1.77. The maximum Gasteiger partial charge on any atom is 0.157 e. The summed E-state index contributed by atoms with van der Waals surface area (Å²) in [5.41, 5.74) is 0.881. The third kappa shape index (κ3) is 3.48. The lowest BCUT2D eigenvalue weighted by atomic mass is 10.1. The van der Waals surface area contributed by atoms with Crippen molar-refractivity contribution < 1.29 is 0 Å². The molecular formula is C15H23N5. The van der Waals surface area contributed by atoms with Gasteiger partial charge in [0.25, 0.3) is 0 Å². The molecular weight excluding hydrogens is 250 g/mol. The van der Waals surface area contributed by atoms with Gasteiger partial charge < -0.3 is 10.6 Å². The molecule has 1 aliphatic rings. The fourth-order valence-electron chi connectivity index (χ4n) is 2.86. The Bertz CT molecular complexity index is 528. The summed E-state index contributed by atoms with van der Waals surface area (Å²) in [6, 6.07) is 4.59. The molecule has 1 saturated carbocycles. The average molecular weight is 273 g/mol. The average Bonchev–Trinajstić information content (AvgIpc) is 2.78. The molecule has 2 aromatic rings. The molecule has 0 bridgehead atoms. The third-order valence-electron chi connectivity index (χ3n) is 3.98. The molecule has 3 rings (SSSR count). The number of hydrogen-bond donors (Lipinski definition) is 2. The second kappa shape index (κ2) is 6.70. The Morgan fingerprint density at radius 3 is 2.80 bits per heavy atom. The molecule has 0 saturated heterocycles. The van der Waals surface area contributed by atoms with Crippen molar-refractivity contribution in [3.8, 4) is 0 Å². The van der Waals surface area contributed by atoms with E-state index < -0.39 is 0 Å². The van der Waals surface area contributed by atoms with Crippen LogP contribution in [0.4, 0.5) is 5.82 Å². The van der Waals surface area contributed by atoms with E-state index in [0.29, 0.717) is 6.04 Å². The largest absolute Gasteiger partial charge is 0.369 e. The first-order valence-corrected chi connectivity index (χ1v) is 7.69. The van der Waals surface area contributed by atoms with Gasteiger partial charge in [-0.15, -0.1) is 0 Å². The number of hydrogen-bond acceptors (Lipinski definition) is 4. The number of nitrogens with one attached hydrogen (secondary N) is 2. The maximum atomic E-state index is 4.50. The Morgan fingerprint density at radius 2 is 1.95 bits per heavy atom. The molecule has 0 aliphatic heterocycles. The van der Waals surface area contributed by atoms with Crippen LogP contribution in [-0.4, -0.2) is 33.7 Å². The number of aromatic nitrogens is 3. The van der Waals surface area contributed by atoms with Crippen molar-refractivity contribution in [1.82, 2.24) is 19.9 Å². The second-order valence-electron chi connectivity index (χ2n) is 5.52. The fourth-order valence-corrected chi connectivity index (χ4v) is 2.86. The van der Waals surface area contributed by atoms with Crippen LogP contribution in [0.25, 0.3) is 5.65 Å². The van der Waals surface area contributed by atoms with Crippen molar-refractivity contribution in [3.63, 3.8) is 0 Å². The lowest BCUT2D eigenvalue weighted by Gasteiger charge is -2.16. The van der Waals surface area contributed by atoms with E-state index in [1.54, 1.807) is 10.7 Å². The lowest BCUT2D eigenvalue weighted by Crippen LogP contribution is -2.32. The zero-order valence-corrected chi connectivity index (χ0v) is 11.9. The van der Waals surface area contributed by atoms with Gasteiger partial charge in [-0.3, -0.25) is 0 Å². The molecule has 5 heteroatoms. The summed E-state index contributed by atoms with van der Waals surface area (Å²) in [7, 11) is 0. The number of fused-ring (bicyclic) bond motifs is 1. The molecule has 0 spiro atoms. The molecule has 0 radical (unpaired) electrons. The number of rotatable bonds is 5. The minimum Gasteiger partial charge on any atom is -0.369 e. The predicted octanol–water partition coefficient (Wildman–Crippen LogP) is 2.45. The molecule has 2 aromatic heterocycles. The molecule has 0 unspecified atom stereocenters. The van der Waals surface area contributed by atoms with Crippen molar-refractivity contribution in [1.29, 1.82) is 0 Å². The van der Waals surface area contributed by atoms with Gasteiger partial charge in [-0.25, -0.2) is 9.50 Å². The quantitative estimate of drug-likeness (QED) is 0.649.